The third kappa shape index (κ3) is 3.50. The molecule has 2 rings (SSSR count). The highest BCUT2D eigenvalue weighted by molar-refractivity contribution is 7.80. The number of nitrogens with two attached hydrogens (primary N) is 1. The Morgan fingerprint density at radius 2 is 2.26 bits per heavy atom. The Labute approximate surface area is 117 Å². The van der Waals surface area contributed by atoms with Gasteiger partial charge in [-0.15, -0.1) is 0 Å². The second-order valence-corrected chi connectivity index (χ2v) is 4.76. The van der Waals surface area contributed by atoms with Crippen molar-refractivity contribution in [2.45, 2.75) is 13.0 Å². The number of nitrogens with one attached hydrogen (secondary N) is 1. The molecule has 0 radical (unpaired) electrons. The Hall–Kier alpha value is -1.50. The lowest BCUT2D eigenvalue weighted by Crippen LogP contribution is -2.39. The van der Waals surface area contributed by atoms with Gasteiger partial charge in [-0.2, -0.15) is 0 Å². The molecule has 1 unspecified atom stereocenters. The van der Waals surface area contributed by atoms with E-state index in [2.05, 4.69) is 5.32 Å². The number of aryl methyl sites for hydroxylation is 1. The maximum atomic E-state index is 12.0. The summed E-state index contributed by atoms with van der Waals surface area (Å²) in [7, 11) is 0. The van der Waals surface area contributed by atoms with Crippen LogP contribution in [0, 0.1) is 6.92 Å². The number of carbonyl (C=O) groups excluding carboxylic acids is 1. The summed E-state index contributed by atoms with van der Waals surface area (Å²) in [6.07, 6.45) is -0.568. The number of benzene rings is 1. The van der Waals surface area contributed by atoms with E-state index in [9.17, 15) is 4.79 Å². The zero-order valence-corrected chi connectivity index (χ0v) is 11.5. The number of amides is 1. The largest absolute Gasteiger partial charge is 0.389 e. The van der Waals surface area contributed by atoms with E-state index in [1.165, 1.54) is 0 Å². The first-order valence-corrected chi connectivity index (χ1v) is 6.39. The second kappa shape index (κ2) is 6.10. The van der Waals surface area contributed by atoms with Crippen LogP contribution >= 0.6 is 12.2 Å². The number of rotatable bonds is 3. The molecule has 0 aromatic heterocycles. The molecule has 1 atom stereocenters. The van der Waals surface area contributed by atoms with Crippen molar-refractivity contribution in [1.82, 2.24) is 0 Å². The van der Waals surface area contributed by atoms with E-state index in [-0.39, 0.29) is 12.5 Å². The third-order valence-corrected chi connectivity index (χ3v) is 3.12. The zero-order valence-electron chi connectivity index (χ0n) is 10.6. The van der Waals surface area contributed by atoms with Gasteiger partial charge in [-0.3, -0.25) is 4.79 Å². The van der Waals surface area contributed by atoms with Crippen LogP contribution in [0.15, 0.2) is 18.2 Å². The van der Waals surface area contributed by atoms with Gasteiger partial charge in [0, 0.05) is 11.3 Å². The Balaban J connectivity index is 2.11. The first kappa shape index (κ1) is 13.9. The Kier molecular flexibility index (Phi) is 4.47. The average molecular weight is 280 g/mol. The summed E-state index contributed by atoms with van der Waals surface area (Å²) in [5.74, 6) is -0.220. The van der Waals surface area contributed by atoms with Crippen LogP contribution in [0.1, 0.15) is 11.1 Å². The van der Waals surface area contributed by atoms with Crippen molar-refractivity contribution in [2.75, 3.05) is 25.1 Å². The lowest BCUT2D eigenvalue weighted by molar-refractivity contribution is -0.142. The van der Waals surface area contributed by atoms with Gasteiger partial charge in [0.25, 0.3) is 5.91 Å². The number of anilines is 1. The van der Waals surface area contributed by atoms with Gasteiger partial charge in [-0.05, 0) is 18.6 Å². The molecule has 0 aliphatic carbocycles. The van der Waals surface area contributed by atoms with Crippen LogP contribution < -0.4 is 11.1 Å². The quantitative estimate of drug-likeness (QED) is 0.808. The van der Waals surface area contributed by atoms with Crippen molar-refractivity contribution in [3.63, 3.8) is 0 Å². The summed E-state index contributed by atoms with van der Waals surface area (Å²) in [4.78, 5) is 12.3. The highest BCUT2D eigenvalue weighted by atomic mass is 32.1. The minimum absolute atomic E-state index is 0.220. The van der Waals surface area contributed by atoms with Crippen molar-refractivity contribution in [1.29, 1.82) is 0 Å². The van der Waals surface area contributed by atoms with E-state index in [1.807, 2.05) is 19.1 Å². The van der Waals surface area contributed by atoms with Gasteiger partial charge in [0.2, 0.25) is 0 Å². The lowest BCUT2D eigenvalue weighted by atomic mass is 10.1. The Morgan fingerprint density at radius 3 is 2.89 bits per heavy atom. The summed E-state index contributed by atoms with van der Waals surface area (Å²) in [5.41, 5.74) is 7.92. The second-order valence-electron chi connectivity index (χ2n) is 4.32. The molecule has 0 spiro atoms. The number of ether oxygens (including phenoxy) is 2. The fraction of sp³-hybridized carbons (Fsp3) is 0.385. The Morgan fingerprint density at radius 1 is 1.47 bits per heavy atom. The number of hydrogen-bond acceptors (Lipinski definition) is 4. The SMILES string of the molecule is Cc1ccc(C(N)=S)cc1NC(=O)C1COCCO1. The molecule has 1 saturated heterocycles. The molecule has 0 bridgehead atoms. The molecule has 102 valence electrons. The molecule has 6 heteroatoms. The van der Waals surface area contributed by atoms with E-state index in [0.29, 0.717) is 23.9 Å². The lowest BCUT2D eigenvalue weighted by Gasteiger charge is -2.22. The van der Waals surface area contributed by atoms with Gasteiger partial charge in [0.15, 0.2) is 6.10 Å². The van der Waals surface area contributed by atoms with Crippen molar-refractivity contribution >= 4 is 28.8 Å². The van der Waals surface area contributed by atoms with Gasteiger partial charge < -0.3 is 20.5 Å². The minimum Gasteiger partial charge on any atom is -0.389 e. The monoisotopic (exact) mass is 280 g/mol. The predicted octanol–water partition coefficient (Wildman–Crippen LogP) is 0.983. The summed E-state index contributed by atoms with van der Waals surface area (Å²) < 4.78 is 10.5. The summed E-state index contributed by atoms with van der Waals surface area (Å²) in [6.45, 7) is 3.14. The molecular formula is C13H16N2O3S. The summed E-state index contributed by atoms with van der Waals surface area (Å²) >= 11 is 4.92. The van der Waals surface area contributed by atoms with E-state index >= 15 is 0 Å². The highest BCUT2D eigenvalue weighted by Crippen LogP contribution is 2.18. The van der Waals surface area contributed by atoms with Crippen LogP contribution in [-0.2, 0) is 14.3 Å². The average Bonchev–Trinajstić information content (AvgIpc) is 2.42. The van der Waals surface area contributed by atoms with E-state index in [0.717, 1.165) is 11.1 Å². The highest BCUT2D eigenvalue weighted by Gasteiger charge is 2.23. The Bertz CT molecular complexity index is 499. The van der Waals surface area contributed by atoms with Crippen LogP contribution in [-0.4, -0.2) is 36.8 Å². The predicted molar refractivity (Wildman–Crippen MR) is 76.3 cm³/mol. The molecule has 1 fully saturated rings. The van der Waals surface area contributed by atoms with Crippen LogP contribution in [0.2, 0.25) is 0 Å². The molecule has 1 amide bonds. The van der Waals surface area contributed by atoms with Gasteiger partial charge in [-0.25, -0.2) is 0 Å². The van der Waals surface area contributed by atoms with Crippen LogP contribution in [0.3, 0.4) is 0 Å². The van der Waals surface area contributed by atoms with E-state index in [4.69, 9.17) is 27.4 Å². The van der Waals surface area contributed by atoms with Crippen molar-refractivity contribution < 1.29 is 14.3 Å². The molecule has 1 aliphatic heterocycles. The number of hydrogen-bond donors (Lipinski definition) is 2. The fourth-order valence-corrected chi connectivity index (χ4v) is 1.89. The van der Waals surface area contributed by atoms with Crippen LogP contribution in [0.25, 0.3) is 0 Å². The maximum Gasteiger partial charge on any atom is 0.255 e. The van der Waals surface area contributed by atoms with E-state index in [1.54, 1.807) is 6.07 Å². The maximum absolute atomic E-state index is 12.0. The molecule has 1 heterocycles. The number of carbonyl (C=O) groups is 1. The van der Waals surface area contributed by atoms with Gasteiger partial charge in [-0.1, -0.05) is 24.4 Å². The van der Waals surface area contributed by atoms with Crippen LogP contribution in [0.5, 0.6) is 0 Å². The van der Waals surface area contributed by atoms with Crippen molar-refractivity contribution in [2.24, 2.45) is 5.73 Å². The molecule has 1 aromatic carbocycles. The molecular weight excluding hydrogens is 264 g/mol. The summed E-state index contributed by atoms with van der Waals surface area (Å²) in [5, 5.41) is 2.82. The molecule has 5 nitrogen and oxygen atoms in total. The fourth-order valence-electron chi connectivity index (χ4n) is 1.76. The number of thiocarbonyl (C=S) groups is 1. The van der Waals surface area contributed by atoms with Gasteiger partial charge >= 0.3 is 0 Å². The normalized spacial score (nSPS) is 18.9. The van der Waals surface area contributed by atoms with Crippen molar-refractivity contribution in [3.05, 3.63) is 29.3 Å². The van der Waals surface area contributed by atoms with Crippen LogP contribution in [0.4, 0.5) is 5.69 Å². The standard InChI is InChI=1S/C13H16N2O3S/c1-8-2-3-9(12(14)19)6-10(8)15-13(16)11-7-17-4-5-18-11/h2-3,6,11H,4-5,7H2,1H3,(H2,14,19)(H,15,16). The van der Waals surface area contributed by atoms with Crippen molar-refractivity contribution in [3.8, 4) is 0 Å². The first-order chi connectivity index (χ1) is 9.08. The van der Waals surface area contributed by atoms with Gasteiger partial charge in [0.05, 0.1) is 19.8 Å². The topological polar surface area (TPSA) is 73.6 Å². The molecule has 3 N–H and O–H groups in total. The molecule has 19 heavy (non-hydrogen) atoms. The third-order valence-electron chi connectivity index (χ3n) is 2.89. The molecule has 1 aliphatic rings. The minimum atomic E-state index is -0.568. The zero-order chi connectivity index (χ0) is 13.8. The smallest absolute Gasteiger partial charge is 0.255 e. The van der Waals surface area contributed by atoms with Gasteiger partial charge in [0.1, 0.15) is 4.99 Å². The first-order valence-electron chi connectivity index (χ1n) is 5.98. The molecule has 1 aromatic rings. The summed E-state index contributed by atoms with van der Waals surface area (Å²) in [6, 6.07) is 5.45. The molecule has 0 saturated carbocycles. The van der Waals surface area contributed by atoms with E-state index < -0.39 is 6.10 Å².